The van der Waals surface area contributed by atoms with E-state index in [0.29, 0.717) is 0 Å². The second kappa shape index (κ2) is 7.97. The summed E-state index contributed by atoms with van der Waals surface area (Å²) in [7, 11) is 0. The lowest BCUT2D eigenvalue weighted by Gasteiger charge is -2.36. The number of hydrogen-bond donors (Lipinski definition) is 0. The zero-order valence-corrected chi connectivity index (χ0v) is 14.5. The minimum absolute atomic E-state index is 0.0705. The average molecular weight is 314 g/mol. The fourth-order valence-electron chi connectivity index (χ4n) is 3.74. The van der Waals surface area contributed by atoms with Gasteiger partial charge in [-0.2, -0.15) is 0 Å². The first-order valence-electron chi connectivity index (χ1n) is 9.04. The van der Waals surface area contributed by atoms with Crippen LogP contribution in [-0.4, -0.2) is 0 Å². The first-order chi connectivity index (χ1) is 11.9. The van der Waals surface area contributed by atoms with E-state index >= 15 is 0 Å². The van der Waals surface area contributed by atoms with Crippen molar-refractivity contribution >= 4 is 0 Å². The topological polar surface area (TPSA) is 0 Å². The van der Waals surface area contributed by atoms with Crippen LogP contribution >= 0.6 is 0 Å². The molecule has 0 aliphatic rings. The van der Waals surface area contributed by atoms with Crippen molar-refractivity contribution in [3.05, 3.63) is 108 Å². The third kappa shape index (κ3) is 3.28. The molecule has 0 heterocycles. The Morgan fingerprint density at radius 3 is 1.25 bits per heavy atom. The van der Waals surface area contributed by atoms with E-state index in [0.717, 1.165) is 6.42 Å². The highest BCUT2D eigenvalue weighted by atomic mass is 14.4. The number of benzene rings is 3. The van der Waals surface area contributed by atoms with Crippen LogP contribution in [0.4, 0.5) is 0 Å². The van der Waals surface area contributed by atoms with Crippen molar-refractivity contribution in [3.63, 3.8) is 0 Å². The standard InChI is InChI=1S/C24H26/c1-2-3-13-20-24(21-14-7-4-8-15-21,22-16-9-5-10-17-22)23-18-11-6-12-19-23/h4-12,14-19H,2-3,13,20H2,1H3. The highest BCUT2D eigenvalue weighted by molar-refractivity contribution is 5.50. The number of rotatable bonds is 7. The molecule has 0 heteroatoms. The molecular weight excluding hydrogens is 288 g/mol. The molecule has 3 aromatic rings. The Kier molecular flexibility index (Phi) is 5.48. The predicted octanol–water partition coefficient (Wildman–Crippen LogP) is 6.60. The van der Waals surface area contributed by atoms with Gasteiger partial charge in [-0.1, -0.05) is 117 Å². The van der Waals surface area contributed by atoms with E-state index < -0.39 is 0 Å². The summed E-state index contributed by atoms with van der Waals surface area (Å²) in [5.74, 6) is 0. The largest absolute Gasteiger partial charge is 0.0654 e. The van der Waals surface area contributed by atoms with Crippen molar-refractivity contribution in [1.29, 1.82) is 0 Å². The SMILES string of the molecule is CCCCCC(c1ccccc1)(c1ccccc1)c1ccccc1. The van der Waals surface area contributed by atoms with Gasteiger partial charge in [0.1, 0.15) is 0 Å². The van der Waals surface area contributed by atoms with Gasteiger partial charge in [0.15, 0.2) is 0 Å². The molecule has 122 valence electrons. The van der Waals surface area contributed by atoms with E-state index in [9.17, 15) is 0 Å². The minimum Gasteiger partial charge on any atom is -0.0654 e. The fourth-order valence-corrected chi connectivity index (χ4v) is 3.74. The quantitative estimate of drug-likeness (QED) is 0.340. The van der Waals surface area contributed by atoms with E-state index in [-0.39, 0.29) is 5.41 Å². The smallest absolute Gasteiger partial charge is 0.0451 e. The van der Waals surface area contributed by atoms with Crippen molar-refractivity contribution in [2.75, 3.05) is 0 Å². The monoisotopic (exact) mass is 314 g/mol. The van der Waals surface area contributed by atoms with Gasteiger partial charge >= 0.3 is 0 Å². The van der Waals surface area contributed by atoms with Gasteiger partial charge in [0.05, 0.1) is 0 Å². The van der Waals surface area contributed by atoms with Gasteiger partial charge in [0, 0.05) is 5.41 Å². The molecule has 0 nitrogen and oxygen atoms in total. The van der Waals surface area contributed by atoms with Crippen molar-refractivity contribution in [1.82, 2.24) is 0 Å². The normalized spacial score (nSPS) is 11.4. The van der Waals surface area contributed by atoms with Crippen LogP contribution in [0.15, 0.2) is 91.0 Å². The Bertz CT molecular complexity index is 617. The third-order valence-corrected chi connectivity index (χ3v) is 4.96. The third-order valence-electron chi connectivity index (χ3n) is 4.96. The molecule has 0 amide bonds. The number of hydrogen-bond acceptors (Lipinski definition) is 0. The molecule has 0 aliphatic heterocycles. The Morgan fingerprint density at radius 2 is 0.917 bits per heavy atom. The van der Waals surface area contributed by atoms with Crippen molar-refractivity contribution < 1.29 is 0 Å². The van der Waals surface area contributed by atoms with Crippen LogP contribution in [0.2, 0.25) is 0 Å². The van der Waals surface area contributed by atoms with Crippen LogP contribution < -0.4 is 0 Å². The molecule has 0 fully saturated rings. The van der Waals surface area contributed by atoms with E-state index in [1.807, 2.05) is 0 Å². The maximum atomic E-state index is 2.28. The van der Waals surface area contributed by atoms with Crippen LogP contribution in [0, 0.1) is 0 Å². The molecule has 0 bridgehead atoms. The molecule has 0 atom stereocenters. The van der Waals surface area contributed by atoms with Crippen LogP contribution in [-0.2, 0) is 5.41 Å². The molecule has 24 heavy (non-hydrogen) atoms. The molecular formula is C24H26. The van der Waals surface area contributed by atoms with Crippen LogP contribution in [0.1, 0.15) is 49.3 Å². The first kappa shape index (κ1) is 16.5. The second-order valence-electron chi connectivity index (χ2n) is 6.46. The fraction of sp³-hybridized carbons (Fsp3) is 0.250. The Balaban J connectivity index is 2.20. The molecule has 0 radical (unpaired) electrons. The maximum absolute atomic E-state index is 2.28. The number of unbranched alkanes of at least 4 members (excludes halogenated alkanes) is 2. The van der Waals surface area contributed by atoms with Gasteiger partial charge in [0.25, 0.3) is 0 Å². The maximum Gasteiger partial charge on any atom is 0.0451 e. The molecule has 0 aliphatic carbocycles. The molecule has 0 saturated carbocycles. The zero-order valence-electron chi connectivity index (χ0n) is 14.5. The van der Waals surface area contributed by atoms with Crippen molar-refractivity contribution in [2.45, 2.75) is 38.0 Å². The molecule has 0 unspecified atom stereocenters. The van der Waals surface area contributed by atoms with Gasteiger partial charge in [-0.15, -0.1) is 0 Å². The molecule has 0 saturated heterocycles. The predicted molar refractivity (Wildman–Crippen MR) is 103 cm³/mol. The summed E-state index contributed by atoms with van der Waals surface area (Å²) in [4.78, 5) is 0. The lowest BCUT2D eigenvalue weighted by molar-refractivity contribution is 0.515. The van der Waals surface area contributed by atoms with E-state index in [2.05, 4.69) is 97.9 Å². The Morgan fingerprint density at radius 1 is 0.542 bits per heavy atom. The molecule has 0 N–H and O–H groups in total. The Labute approximate surface area is 146 Å². The average Bonchev–Trinajstić information content (AvgIpc) is 2.68. The van der Waals surface area contributed by atoms with E-state index in [1.54, 1.807) is 0 Å². The summed E-state index contributed by atoms with van der Waals surface area (Å²) in [6.07, 6.45) is 4.89. The molecule has 3 rings (SSSR count). The highest BCUT2D eigenvalue weighted by Gasteiger charge is 2.35. The van der Waals surface area contributed by atoms with Crippen molar-refractivity contribution in [3.8, 4) is 0 Å². The van der Waals surface area contributed by atoms with Gasteiger partial charge in [0.2, 0.25) is 0 Å². The summed E-state index contributed by atoms with van der Waals surface area (Å²) >= 11 is 0. The lowest BCUT2D eigenvalue weighted by Crippen LogP contribution is -2.29. The summed E-state index contributed by atoms with van der Waals surface area (Å²) in [6, 6.07) is 33.0. The van der Waals surface area contributed by atoms with Crippen LogP contribution in [0.3, 0.4) is 0 Å². The van der Waals surface area contributed by atoms with Gasteiger partial charge in [-0.05, 0) is 23.1 Å². The van der Waals surface area contributed by atoms with Crippen LogP contribution in [0.25, 0.3) is 0 Å². The highest BCUT2D eigenvalue weighted by Crippen LogP contribution is 2.43. The van der Waals surface area contributed by atoms with E-state index in [1.165, 1.54) is 36.0 Å². The Hall–Kier alpha value is -2.34. The summed E-state index contributed by atoms with van der Waals surface area (Å²) < 4.78 is 0. The van der Waals surface area contributed by atoms with Crippen LogP contribution in [0.5, 0.6) is 0 Å². The van der Waals surface area contributed by atoms with Crippen molar-refractivity contribution in [2.24, 2.45) is 0 Å². The molecule has 0 spiro atoms. The summed E-state index contributed by atoms with van der Waals surface area (Å²) in [5, 5.41) is 0. The lowest BCUT2D eigenvalue weighted by atomic mass is 9.66. The molecule has 0 aromatic heterocycles. The second-order valence-corrected chi connectivity index (χ2v) is 6.46. The zero-order chi connectivity index (χ0) is 16.7. The van der Waals surface area contributed by atoms with Gasteiger partial charge in [-0.25, -0.2) is 0 Å². The summed E-state index contributed by atoms with van der Waals surface area (Å²) in [5.41, 5.74) is 4.09. The van der Waals surface area contributed by atoms with Gasteiger partial charge in [-0.3, -0.25) is 0 Å². The first-order valence-corrected chi connectivity index (χ1v) is 9.04. The minimum atomic E-state index is -0.0705. The summed E-state index contributed by atoms with van der Waals surface area (Å²) in [6.45, 7) is 2.27. The van der Waals surface area contributed by atoms with Gasteiger partial charge < -0.3 is 0 Å². The molecule has 3 aromatic carbocycles. The van der Waals surface area contributed by atoms with E-state index in [4.69, 9.17) is 0 Å².